The second kappa shape index (κ2) is 1.94. The maximum atomic E-state index is 5.40. The number of hydrogen-bond donors (Lipinski definition) is 1. The fraction of sp³-hybridized carbons (Fsp3) is 0.600. The minimum atomic E-state index is 0.594. The number of rotatable bonds is 0. The highest BCUT2D eigenvalue weighted by atomic mass is 15.2. The first kappa shape index (κ1) is 5.28. The second-order valence-electron chi connectivity index (χ2n) is 1.88. The standard InChI is InChI=1S/C5H9N3/c1-4-2-3-7-8-5(4)6/h2-3,6H2,1H3. The highest BCUT2D eigenvalue weighted by Gasteiger charge is 1.99. The molecule has 0 aromatic rings. The maximum Gasteiger partial charge on any atom is 0.144 e. The Labute approximate surface area is 48.3 Å². The summed E-state index contributed by atoms with van der Waals surface area (Å²) in [5, 5.41) is 7.44. The van der Waals surface area contributed by atoms with Gasteiger partial charge in [0.1, 0.15) is 5.82 Å². The van der Waals surface area contributed by atoms with Crippen LogP contribution in [0.2, 0.25) is 0 Å². The van der Waals surface area contributed by atoms with Crippen LogP contribution in [0.25, 0.3) is 0 Å². The molecule has 0 spiro atoms. The Kier molecular flexibility index (Phi) is 1.28. The van der Waals surface area contributed by atoms with E-state index in [9.17, 15) is 0 Å². The van der Waals surface area contributed by atoms with Gasteiger partial charge >= 0.3 is 0 Å². The topological polar surface area (TPSA) is 50.7 Å². The first-order valence-electron chi connectivity index (χ1n) is 2.63. The van der Waals surface area contributed by atoms with Gasteiger partial charge in [0.25, 0.3) is 0 Å². The van der Waals surface area contributed by atoms with E-state index in [0.29, 0.717) is 5.82 Å². The van der Waals surface area contributed by atoms with Gasteiger partial charge in [-0.15, -0.1) is 5.11 Å². The molecule has 0 atom stereocenters. The lowest BCUT2D eigenvalue weighted by Crippen LogP contribution is -2.02. The zero-order chi connectivity index (χ0) is 5.98. The van der Waals surface area contributed by atoms with Crippen molar-refractivity contribution in [3.63, 3.8) is 0 Å². The molecule has 1 heterocycles. The van der Waals surface area contributed by atoms with E-state index in [1.54, 1.807) is 0 Å². The summed E-state index contributed by atoms with van der Waals surface area (Å²) in [6.45, 7) is 2.78. The summed E-state index contributed by atoms with van der Waals surface area (Å²) in [6, 6.07) is 0. The monoisotopic (exact) mass is 111 g/mol. The summed E-state index contributed by atoms with van der Waals surface area (Å²) in [6.07, 6.45) is 0.968. The van der Waals surface area contributed by atoms with Crippen LogP contribution >= 0.6 is 0 Å². The minimum Gasteiger partial charge on any atom is -0.382 e. The normalized spacial score (nSPS) is 19.6. The third-order valence-corrected chi connectivity index (χ3v) is 1.20. The fourth-order valence-electron chi connectivity index (χ4n) is 0.557. The van der Waals surface area contributed by atoms with Crippen LogP contribution in [0.3, 0.4) is 0 Å². The molecule has 0 unspecified atom stereocenters. The van der Waals surface area contributed by atoms with Gasteiger partial charge in [-0.05, 0) is 18.9 Å². The van der Waals surface area contributed by atoms with Crippen LogP contribution in [-0.2, 0) is 0 Å². The summed E-state index contributed by atoms with van der Waals surface area (Å²) in [7, 11) is 0. The van der Waals surface area contributed by atoms with Gasteiger partial charge in [0.2, 0.25) is 0 Å². The Bertz CT molecular complexity index is 146. The molecule has 1 aliphatic heterocycles. The molecule has 0 aliphatic carbocycles. The molecule has 2 N–H and O–H groups in total. The average molecular weight is 111 g/mol. The minimum absolute atomic E-state index is 0.594. The molecular formula is C5H9N3. The predicted octanol–water partition coefficient (Wildman–Crippen LogP) is 1.03. The van der Waals surface area contributed by atoms with Crippen LogP contribution in [0.5, 0.6) is 0 Å². The van der Waals surface area contributed by atoms with Gasteiger partial charge in [-0.3, -0.25) is 0 Å². The Balaban J connectivity index is 2.76. The lowest BCUT2D eigenvalue weighted by Gasteiger charge is -2.03. The van der Waals surface area contributed by atoms with Crippen LogP contribution < -0.4 is 5.73 Å². The average Bonchev–Trinajstić information content (AvgIpc) is 1.77. The van der Waals surface area contributed by atoms with E-state index in [2.05, 4.69) is 10.2 Å². The van der Waals surface area contributed by atoms with Crippen LogP contribution in [0, 0.1) is 0 Å². The van der Waals surface area contributed by atoms with Gasteiger partial charge in [0.15, 0.2) is 0 Å². The molecule has 0 bridgehead atoms. The number of azo groups is 1. The molecule has 3 nitrogen and oxygen atoms in total. The van der Waals surface area contributed by atoms with Crippen molar-refractivity contribution in [3.05, 3.63) is 11.4 Å². The first-order valence-corrected chi connectivity index (χ1v) is 2.63. The Morgan fingerprint density at radius 1 is 1.62 bits per heavy atom. The van der Waals surface area contributed by atoms with Crippen LogP contribution in [0.4, 0.5) is 0 Å². The van der Waals surface area contributed by atoms with Crippen LogP contribution in [-0.4, -0.2) is 6.54 Å². The molecule has 8 heavy (non-hydrogen) atoms. The van der Waals surface area contributed by atoms with Crippen molar-refractivity contribution in [2.24, 2.45) is 16.0 Å². The van der Waals surface area contributed by atoms with Crippen LogP contribution in [0.15, 0.2) is 21.6 Å². The van der Waals surface area contributed by atoms with E-state index in [1.165, 1.54) is 0 Å². The summed E-state index contributed by atoms with van der Waals surface area (Å²) in [5.41, 5.74) is 6.55. The van der Waals surface area contributed by atoms with E-state index in [1.807, 2.05) is 6.92 Å². The molecule has 0 radical (unpaired) electrons. The highest BCUT2D eigenvalue weighted by molar-refractivity contribution is 5.08. The van der Waals surface area contributed by atoms with Gasteiger partial charge in [-0.1, -0.05) is 0 Å². The smallest absolute Gasteiger partial charge is 0.144 e. The molecule has 1 rings (SSSR count). The summed E-state index contributed by atoms with van der Waals surface area (Å²) >= 11 is 0. The third-order valence-electron chi connectivity index (χ3n) is 1.20. The van der Waals surface area contributed by atoms with Crippen molar-refractivity contribution in [2.75, 3.05) is 6.54 Å². The van der Waals surface area contributed by atoms with E-state index >= 15 is 0 Å². The van der Waals surface area contributed by atoms with Crippen molar-refractivity contribution in [1.29, 1.82) is 0 Å². The van der Waals surface area contributed by atoms with Crippen molar-refractivity contribution >= 4 is 0 Å². The van der Waals surface area contributed by atoms with E-state index in [4.69, 9.17) is 5.73 Å². The quantitative estimate of drug-likeness (QED) is 0.498. The van der Waals surface area contributed by atoms with Crippen molar-refractivity contribution < 1.29 is 0 Å². The molecule has 0 saturated carbocycles. The lowest BCUT2D eigenvalue weighted by atomic mass is 10.2. The summed E-state index contributed by atoms with van der Waals surface area (Å²) in [4.78, 5) is 0. The summed E-state index contributed by atoms with van der Waals surface area (Å²) in [5.74, 6) is 0.594. The number of hydrogen-bond acceptors (Lipinski definition) is 3. The Morgan fingerprint density at radius 3 is 2.75 bits per heavy atom. The molecular weight excluding hydrogens is 102 g/mol. The first-order chi connectivity index (χ1) is 3.80. The van der Waals surface area contributed by atoms with E-state index < -0.39 is 0 Å². The largest absolute Gasteiger partial charge is 0.382 e. The van der Waals surface area contributed by atoms with Crippen LogP contribution in [0.1, 0.15) is 13.3 Å². The Hall–Kier alpha value is -0.860. The van der Waals surface area contributed by atoms with Gasteiger partial charge in [0.05, 0.1) is 6.54 Å². The van der Waals surface area contributed by atoms with E-state index in [-0.39, 0.29) is 0 Å². The van der Waals surface area contributed by atoms with E-state index in [0.717, 1.165) is 18.5 Å². The highest BCUT2D eigenvalue weighted by Crippen LogP contribution is 2.09. The molecule has 0 fully saturated rings. The maximum absolute atomic E-state index is 5.40. The second-order valence-corrected chi connectivity index (χ2v) is 1.88. The van der Waals surface area contributed by atoms with Crippen molar-refractivity contribution in [1.82, 2.24) is 0 Å². The van der Waals surface area contributed by atoms with Gasteiger partial charge in [-0.2, -0.15) is 5.11 Å². The van der Waals surface area contributed by atoms with Gasteiger partial charge < -0.3 is 5.73 Å². The molecule has 0 aromatic carbocycles. The molecule has 0 aromatic heterocycles. The third kappa shape index (κ3) is 0.857. The van der Waals surface area contributed by atoms with Crippen molar-refractivity contribution in [2.45, 2.75) is 13.3 Å². The number of nitrogens with zero attached hydrogens (tertiary/aromatic N) is 2. The lowest BCUT2D eigenvalue weighted by molar-refractivity contribution is 0.802. The van der Waals surface area contributed by atoms with Gasteiger partial charge in [-0.25, -0.2) is 0 Å². The SMILES string of the molecule is CC1=C(N)N=NCC1. The predicted molar refractivity (Wildman–Crippen MR) is 31.2 cm³/mol. The molecule has 44 valence electrons. The zero-order valence-electron chi connectivity index (χ0n) is 4.89. The van der Waals surface area contributed by atoms with Gasteiger partial charge in [0, 0.05) is 0 Å². The molecule has 0 amide bonds. The zero-order valence-corrected chi connectivity index (χ0v) is 4.89. The number of nitrogens with two attached hydrogens (primary N) is 1. The summed E-state index contributed by atoms with van der Waals surface area (Å²) < 4.78 is 0. The molecule has 0 saturated heterocycles. The Morgan fingerprint density at radius 2 is 2.38 bits per heavy atom. The molecule has 1 aliphatic rings. The molecule has 3 heteroatoms. The van der Waals surface area contributed by atoms with Crippen molar-refractivity contribution in [3.8, 4) is 0 Å². The fourth-order valence-corrected chi connectivity index (χ4v) is 0.557.